The molecule has 0 bridgehead atoms. The maximum absolute atomic E-state index is 6.00. The van der Waals surface area contributed by atoms with Gasteiger partial charge in [0.1, 0.15) is 0 Å². The third kappa shape index (κ3) is 4.23. The lowest BCUT2D eigenvalue weighted by Crippen LogP contribution is -2.03. The molecule has 0 aliphatic heterocycles. The topological polar surface area (TPSA) is 21.3 Å². The molecule has 0 aromatic heterocycles. The lowest BCUT2D eigenvalue weighted by Gasteiger charge is -2.12. The van der Waals surface area contributed by atoms with E-state index in [2.05, 4.69) is 33.4 Å². The molecule has 2 nitrogen and oxygen atoms in total. The van der Waals surface area contributed by atoms with Gasteiger partial charge in [-0.1, -0.05) is 35.9 Å². The van der Waals surface area contributed by atoms with E-state index in [4.69, 9.17) is 16.3 Å². The van der Waals surface area contributed by atoms with Crippen molar-refractivity contribution in [3.05, 3.63) is 63.1 Å². The fourth-order valence-corrected chi connectivity index (χ4v) is 2.42. The highest BCUT2D eigenvalue weighted by molar-refractivity contribution is 9.10. The zero-order valence-electron chi connectivity index (χ0n) is 11.3. The molecular weight excluding hydrogens is 338 g/mol. The van der Waals surface area contributed by atoms with E-state index < -0.39 is 0 Å². The number of rotatable bonds is 6. The zero-order valence-corrected chi connectivity index (χ0v) is 13.7. The van der Waals surface area contributed by atoms with Crippen LogP contribution in [0.1, 0.15) is 18.1 Å². The van der Waals surface area contributed by atoms with Crippen molar-refractivity contribution >= 4 is 33.2 Å². The monoisotopic (exact) mass is 353 g/mol. The molecule has 0 spiro atoms. The normalized spacial score (nSPS) is 10.6. The van der Waals surface area contributed by atoms with Crippen LogP contribution >= 0.6 is 27.5 Å². The Hall–Kier alpha value is -1.03. The van der Waals surface area contributed by atoms with Crippen molar-refractivity contribution in [2.45, 2.75) is 20.1 Å². The zero-order chi connectivity index (χ0) is 14.4. The number of benzene rings is 2. The molecule has 2 aromatic rings. The van der Waals surface area contributed by atoms with Gasteiger partial charge in [-0.2, -0.15) is 0 Å². The fourth-order valence-electron chi connectivity index (χ4n) is 1.88. The first kappa shape index (κ1) is 15.4. The summed E-state index contributed by atoms with van der Waals surface area (Å²) in [7, 11) is 0. The van der Waals surface area contributed by atoms with Gasteiger partial charge in [-0.25, -0.2) is 0 Å². The van der Waals surface area contributed by atoms with Gasteiger partial charge in [0.05, 0.1) is 11.6 Å². The molecular formula is C16H17BrClNO. The Bertz CT molecular complexity index is 574. The van der Waals surface area contributed by atoms with Crippen LogP contribution in [0.2, 0.25) is 5.02 Å². The van der Waals surface area contributed by atoms with Crippen molar-refractivity contribution in [2.24, 2.45) is 0 Å². The molecule has 0 aliphatic rings. The van der Waals surface area contributed by atoms with Gasteiger partial charge in [0.15, 0.2) is 0 Å². The number of anilines is 1. The predicted molar refractivity (Wildman–Crippen MR) is 88.3 cm³/mol. The van der Waals surface area contributed by atoms with Crippen molar-refractivity contribution in [1.82, 2.24) is 0 Å². The largest absolute Gasteiger partial charge is 0.381 e. The van der Waals surface area contributed by atoms with E-state index >= 15 is 0 Å². The van der Waals surface area contributed by atoms with Gasteiger partial charge in [0.25, 0.3) is 0 Å². The van der Waals surface area contributed by atoms with E-state index in [9.17, 15) is 0 Å². The molecule has 2 aromatic carbocycles. The minimum atomic E-state index is 0.629. The van der Waals surface area contributed by atoms with Gasteiger partial charge < -0.3 is 10.1 Å². The van der Waals surface area contributed by atoms with Crippen molar-refractivity contribution in [3.63, 3.8) is 0 Å². The predicted octanol–water partition coefficient (Wildman–Crippen LogP) is 5.25. The van der Waals surface area contributed by atoms with Gasteiger partial charge in [0, 0.05) is 28.9 Å². The van der Waals surface area contributed by atoms with Gasteiger partial charge >= 0.3 is 0 Å². The number of halogens is 2. The molecule has 0 radical (unpaired) electrons. The first-order valence-corrected chi connectivity index (χ1v) is 7.71. The summed E-state index contributed by atoms with van der Waals surface area (Å²) < 4.78 is 6.40. The number of hydrogen-bond acceptors (Lipinski definition) is 2. The van der Waals surface area contributed by atoms with Crippen LogP contribution in [0.15, 0.2) is 46.9 Å². The second-order valence-corrected chi connectivity index (χ2v) is 5.66. The Morgan fingerprint density at radius 2 is 2.00 bits per heavy atom. The number of nitrogens with one attached hydrogen (secondary N) is 1. The highest BCUT2D eigenvalue weighted by atomic mass is 79.9. The minimum absolute atomic E-state index is 0.629. The summed E-state index contributed by atoms with van der Waals surface area (Å²) in [6.45, 7) is 4.10. The molecule has 0 heterocycles. The first-order chi connectivity index (χ1) is 9.70. The molecule has 0 amide bonds. The summed E-state index contributed by atoms with van der Waals surface area (Å²) in [4.78, 5) is 0. The van der Waals surface area contributed by atoms with E-state index in [1.165, 1.54) is 11.1 Å². The summed E-state index contributed by atoms with van der Waals surface area (Å²) in [6.07, 6.45) is 0. The summed E-state index contributed by atoms with van der Waals surface area (Å²) >= 11 is 9.44. The molecule has 1 N–H and O–H groups in total. The average Bonchev–Trinajstić information content (AvgIpc) is 2.47. The van der Waals surface area contributed by atoms with E-state index in [1.807, 2.05) is 37.3 Å². The van der Waals surface area contributed by atoms with Crippen LogP contribution in [0.4, 0.5) is 5.69 Å². The molecule has 0 aliphatic carbocycles. The second-order valence-electron chi connectivity index (χ2n) is 4.40. The standard InChI is InChI=1S/C16H17BrClNO/c1-2-20-11-13-5-3-4-6-16(13)19-10-12-7-8-15(18)14(17)9-12/h3-9,19H,2,10-11H2,1H3. The van der Waals surface area contributed by atoms with Crippen LogP contribution < -0.4 is 5.32 Å². The molecule has 0 saturated heterocycles. The number of hydrogen-bond donors (Lipinski definition) is 1. The third-order valence-corrected chi connectivity index (χ3v) is 4.16. The van der Waals surface area contributed by atoms with Crippen LogP contribution in [0.25, 0.3) is 0 Å². The highest BCUT2D eigenvalue weighted by Crippen LogP contribution is 2.24. The average molecular weight is 355 g/mol. The second kappa shape index (κ2) is 7.67. The summed E-state index contributed by atoms with van der Waals surface area (Å²) in [5.41, 5.74) is 3.45. The smallest absolute Gasteiger partial charge is 0.0736 e. The Morgan fingerprint density at radius 3 is 2.75 bits per heavy atom. The molecule has 0 unspecified atom stereocenters. The van der Waals surface area contributed by atoms with Crippen molar-refractivity contribution < 1.29 is 4.74 Å². The van der Waals surface area contributed by atoms with Crippen LogP contribution in [0.3, 0.4) is 0 Å². The van der Waals surface area contributed by atoms with Crippen molar-refractivity contribution in [2.75, 3.05) is 11.9 Å². The first-order valence-electron chi connectivity index (χ1n) is 6.54. The Kier molecular flexibility index (Phi) is 5.89. The quantitative estimate of drug-likeness (QED) is 0.765. The van der Waals surface area contributed by atoms with Crippen LogP contribution in [0, 0.1) is 0 Å². The van der Waals surface area contributed by atoms with Gasteiger partial charge in [-0.3, -0.25) is 0 Å². The van der Waals surface area contributed by atoms with E-state index in [0.29, 0.717) is 6.61 Å². The molecule has 0 atom stereocenters. The lowest BCUT2D eigenvalue weighted by atomic mass is 10.1. The lowest BCUT2D eigenvalue weighted by molar-refractivity contribution is 0.134. The van der Waals surface area contributed by atoms with Gasteiger partial charge in [0.2, 0.25) is 0 Å². The van der Waals surface area contributed by atoms with Crippen molar-refractivity contribution in [1.29, 1.82) is 0 Å². The van der Waals surface area contributed by atoms with Gasteiger partial charge in [-0.05, 0) is 46.6 Å². The summed E-state index contributed by atoms with van der Waals surface area (Å²) in [6, 6.07) is 14.1. The Balaban J connectivity index is 2.04. The fraction of sp³-hybridized carbons (Fsp3) is 0.250. The molecule has 0 fully saturated rings. The summed E-state index contributed by atoms with van der Waals surface area (Å²) in [5, 5.41) is 4.17. The number of ether oxygens (including phenoxy) is 1. The highest BCUT2D eigenvalue weighted by Gasteiger charge is 2.03. The van der Waals surface area contributed by atoms with Crippen LogP contribution in [-0.4, -0.2) is 6.61 Å². The Labute approximate surface area is 133 Å². The van der Waals surface area contributed by atoms with Gasteiger partial charge in [-0.15, -0.1) is 0 Å². The molecule has 4 heteroatoms. The maximum Gasteiger partial charge on any atom is 0.0736 e. The third-order valence-electron chi connectivity index (χ3n) is 2.95. The maximum atomic E-state index is 6.00. The van der Waals surface area contributed by atoms with E-state index in [-0.39, 0.29) is 0 Å². The molecule has 106 valence electrons. The molecule has 0 saturated carbocycles. The summed E-state index contributed by atoms with van der Waals surface area (Å²) in [5.74, 6) is 0. The van der Waals surface area contributed by atoms with Crippen LogP contribution in [-0.2, 0) is 17.9 Å². The number of para-hydroxylation sites is 1. The SMILES string of the molecule is CCOCc1ccccc1NCc1ccc(Cl)c(Br)c1. The van der Waals surface area contributed by atoms with E-state index in [0.717, 1.165) is 28.3 Å². The molecule has 20 heavy (non-hydrogen) atoms. The van der Waals surface area contributed by atoms with Crippen molar-refractivity contribution in [3.8, 4) is 0 Å². The Morgan fingerprint density at radius 1 is 1.20 bits per heavy atom. The minimum Gasteiger partial charge on any atom is -0.381 e. The molecule has 2 rings (SSSR count). The van der Waals surface area contributed by atoms with E-state index in [1.54, 1.807) is 0 Å². The van der Waals surface area contributed by atoms with Crippen LogP contribution in [0.5, 0.6) is 0 Å².